The summed E-state index contributed by atoms with van der Waals surface area (Å²) in [4.78, 5) is 66.3. The number of aryl methyl sites for hydroxylation is 1. The van der Waals surface area contributed by atoms with Crippen LogP contribution in [0.2, 0.25) is 5.02 Å². The zero-order chi connectivity index (χ0) is 39.6. The highest BCUT2D eigenvalue weighted by Gasteiger charge is 2.32. The average Bonchev–Trinajstić information content (AvgIpc) is 3.47. The molecular formula is C41H45ClN10O5. The number of anilines is 5. The lowest BCUT2D eigenvalue weighted by Gasteiger charge is -2.38. The SMILES string of the molecule is COc1cc(N2CCN(C(=O)CN3CCC(c4ccc5c(c4)n(C)c(=O)n5C4CCC(=O)NC4=O)CC3)CC2)ccc1Nc1ncc(Cl)c(Nc2ccccc2)n1. The number of likely N-dealkylation sites (tertiary alicyclic amines) is 1. The Kier molecular flexibility index (Phi) is 10.8. The Balaban J connectivity index is 0.832. The summed E-state index contributed by atoms with van der Waals surface area (Å²) in [5, 5.41) is 9.24. The number of fused-ring (bicyclic) bond motifs is 1. The summed E-state index contributed by atoms with van der Waals surface area (Å²) in [6.07, 6.45) is 3.86. The monoisotopic (exact) mass is 792 g/mol. The minimum Gasteiger partial charge on any atom is -0.494 e. The van der Waals surface area contributed by atoms with Gasteiger partial charge in [0, 0.05) is 57.1 Å². The highest BCUT2D eigenvalue weighted by Crippen LogP contribution is 2.34. The van der Waals surface area contributed by atoms with Gasteiger partial charge in [0.2, 0.25) is 23.7 Å². The van der Waals surface area contributed by atoms with Crippen LogP contribution in [0.3, 0.4) is 0 Å². The first-order valence-electron chi connectivity index (χ1n) is 19.2. The maximum Gasteiger partial charge on any atom is 0.329 e. The van der Waals surface area contributed by atoms with Crippen molar-refractivity contribution < 1.29 is 19.1 Å². The third-order valence-electron chi connectivity index (χ3n) is 11.3. The number of aromatic nitrogens is 4. The quantitative estimate of drug-likeness (QED) is 0.167. The largest absolute Gasteiger partial charge is 0.494 e. The highest BCUT2D eigenvalue weighted by atomic mass is 35.5. The van der Waals surface area contributed by atoms with Crippen LogP contribution in [0.4, 0.5) is 28.8 Å². The first-order valence-corrected chi connectivity index (χ1v) is 19.6. The van der Waals surface area contributed by atoms with Gasteiger partial charge in [-0.3, -0.25) is 33.7 Å². The molecule has 1 atom stereocenters. The molecule has 3 saturated heterocycles. The molecule has 5 aromatic rings. The number of carbonyl (C=O) groups excluding carboxylic acids is 3. The fraction of sp³-hybridized carbons (Fsp3) is 0.366. The van der Waals surface area contributed by atoms with Crippen molar-refractivity contribution >= 4 is 69.2 Å². The van der Waals surface area contributed by atoms with Crippen LogP contribution in [0.25, 0.3) is 11.0 Å². The van der Waals surface area contributed by atoms with E-state index in [1.807, 2.05) is 65.6 Å². The van der Waals surface area contributed by atoms with E-state index in [4.69, 9.17) is 16.3 Å². The zero-order valence-corrected chi connectivity index (χ0v) is 32.7. The second-order valence-electron chi connectivity index (χ2n) is 14.7. The van der Waals surface area contributed by atoms with E-state index in [0.29, 0.717) is 78.8 Å². The molecule has 0 bridgehead atoms. The molecule has 0 radical (unpaired) electrons. The Morgan fingerprint density at radius 2 is 1.68 bits per heavy atom. The molecular weight excluding hydrogens is 748 g/mol. The maximum absolute atomic E-state index is 13.4. The van der Waals surface area contributed by atoms with E-state index < -0.39 is 11.9 Å². The number of hydrogen-bond acceptors (Lipinski definition) is 11. The number of ether oxygens (including phenoxy) is 1. The molecule has 1 unspecified atom stereocenters. The van der Waals surface area contributed by atoms with Gasteiger partial charge in [-0.1, -0.05) is 35.9 Å². The Morgan fingerprint density at radius 1 is 0.912 bits per heavy atom. The molecule has 296 valence electrons. The third kappa shape index (κ3) is 8.03. The van der Waals surface area contributed by atoms with E-state index in [0.717, 1.165) is 48.4 Å². The second-order valence-corrected chi connectivity index (χ2v) is 15.1. The average molecular weight is 793 g/mol. The topological polar surface area (TPSA) is 159 Å². The molecule has 3 aromatic carbocycles. The van der Waals surface area contributed by atoms with E-state index in [9.17, 15) is 19.2 Å². The van der Waals surface area contributed by atoms with Gasteiger partial charge in [-0.2, -0.15) is 4.98 Å². The van der Waals surface area contributed by atoms with E-state index in [2.05, 4.69) is 41.8 Å². The molecule has 57 heavy (non-hydrogen) atoms. The van der Waals surface area contributed by atoms with Gasteiger partial charge in [0.25, 0.3) is 0 Å². The molecule has 2 aromatic heterocycles. The van der Waals surface area contributed by atoms with E-state index in [1.165, 1.54) is 4.57 Å². The lowest BCUT2D eigenvalue weighted by atomic mass is 9.89. The van der Waals surface area contributed by atoms with E-state index in [1.54, 1.807) is 24.9 Å². The zero-order valence-electron chi connectivity index (χ0n) is 31.9. The number of piperazine rings is 1. The molecule has 15 nitrogen and oxygen atoms in total. The summed E-state index contributed by atoms with van der Waals surface area (Å²) in [5.41, 5.74) is 4.90. The van der Waals surface area contributed by atoms with Crippen LogP contribution in [0.5, 0.6) is 5.75 Å². The molecule has 0 saturated carbocycles. The van der Waals surface area contributed by atoms with Crippen molar-refractivity contribution in [2.24, 2.45) is 7.05 Å². The van der Waals surface area contributed by atoms with E-state index in [-0.39, 0.29) is 23.9 Å². The van der Waals surface area contributed by atoms with Gasteiger partial charge in [-0.05, 0) is 80.2 Å². The fourth-order valence-corrected chi connectivity index (χ4v) is 8.21. The van der Waals surface area contributed by atoms with Crippen LogP contribution in [-0.4, -0.2) is 99.5 Å². The number of nitrogens with zero attached hydrogens (tertiary/aromatic N) is 7. The van der Waals surface area contributed by atoms with Crippen LogP contribution in [-0.2, 0) is 21.4 Å². The predicted molar refractivity (Wildman–Crippen MR) is 219 cm³/mol. The molecule has 0 spiro atoms. The number of imidazole rings is 1. The molecule has 3 amide bonds. The Labute approximate surface area is 334 Å². The summed E-state index contributed by atoms with van der Waals surface area (Å²) >= 11 is 6.37. The molecule has 8 rings (SSSR count). The number of imide groups is 1. The van der Waals surface area contributed by atoms with Crippen molar-refractivity contribution in [1.82, 2.24) is 34.2 Å². The van der Waals surface area contributed by atoms with Crippen molar-refractivity contribution in [3.63, 3.8) is 0 Å². The second kappa shape index (κ2) is 16.3. The number of methoxy groups -OCH3 is 1. The highest BCUT2D eigenvalue weighted by molar-refractivity contribution is 6.32. The summed E-state index contributed by atoms with van der Waals surface area (Å²) in [6.45, 7) is 4.66. The summed E-state index contributed by atoms with van der Waals surface area (Å²) in [6, 6.07) is 20.9. The lowest BCUT2D eigenvalue weighted by molar-refractivity contribution is -0.136. The molecule has 3 aliphatic heterocycles. The van der Waals surface area contributed by atoms with Gasteiger partial charge in [0.1, 0.15) is 16.8 Å². The first kappa shape index (κ1) is 38.0. The van der Waals surface area contributed by atoms with Crippen molar-refractivity contribution in [3.05, 3.63) is 94.0 Å². The van der Waals surface area contributed by atoms with Gasteiger partial charge in [-0.25, -0.2) is 9.78 Å². The molecule has 5 heterocycles. The van der Waals surface area contributed by atoms with Crippen molar-refractivity contribution in [2.75, 3.05) is 68.5 Å². The van der Waals surface area contributed by atoms with Crippen LogP contribution >= 0.6 is 11.6 Å². The number of hydrogen-bond donors (Lipinski definition) is 3. The van der Waals surface area contributed by atoms with Gasteiger partial charge in [0.05, 0.1) is 36.6 Å². The van der Waals surface area contributed by atoms with Crippen molar-refractivity contribution in [3.8, 4) is 5.75 Å². The third-order valence-corrected chi connectivity index (χ3v) is 11.5. The smallest absolute Gasteiger partial charge is 0.329 e. The number of benzene rings is 3. The van der Waals surface area contributed by atoms with Gasteiger partial charge in [0.15, 0.2) is 5.82 Å². The number of carbonyl (C=O) groups is 3. The summed E-state index contributed by atoms with van der Waals surface area (Å²) in [5.74, 6) is 1.18. The Hall–Kier alpha value is -5.93. The van der Waals surface area contributed by atoms with Crippen LogP contribution in [0.1, 0.15) is 43.2 Å². The molecule has 3 fully saturated rings. The summed E-state index contributed by atoms with van der Waals surface area (Å²) in [7, 11) is 3.34. The molecule has 3 N–H and O–H groups in total. The number of piperidine rings is 2. The Bertz CT molecular complexity index is 2370. The fourth-order valence-electron chi connectivity index (χ4n) is 8.07. The number of nitrogens with one attached hydrogen (secondary N) is 3. The molecule has 3 aliphatic rings. The van der Waals surface area contributed by atoms with Gasteiger partial charge >= 0.3 is 5.69 Å². The van der Waals surface area contributed by atoms with Crippen molar-refractivity contribution in [2.45, 2.75) is 37.6 Å². The normalized spacial score (nSPS) is 18.1. The molecule has 16 heteroatoms. The predicted octanol–water partition coefficient (Wildman–Crippen LogP) is 4.79. The molecule has 0 aliphatic carbocycles. The Morgan fingerprint density at radius 3 is 2.42 bits per heavy atom. The number of para-hydroxylation sites is 1. The van der Waals surface area contributed by atoms with Crippen LogP contribution in [0.15, 0.2) is 77.7 Å². The van der Waals surface area contributed by atoms with Crippen LogP contribution in [0, 0.1) is 0 Å². The van der Waals surface area contributed by atoms with Crippen LogP contribution < -0.4 is 31.3 Å². The minimum atomic E-state index is -0.707. The van der Waals surface area contributed by atoms with Crippen molar-refractivity contribution in [1.29, 1.82) is 0 Å². The summed E-state index contributed by atoms with van der Waals surface area (Å²) < 4.78 is 8.84. The number of halogens is 1. The van der Waals surface area contributed by atoms with Gasteiger partial charge in [-0.15, -0.1) is 0 Å². The maximum atomic E-state index is 13.4. The number of amides is 3. The van der Waals surface area contributed by atoms with Gasteiger partial charge < -0.3 is 25.2 Å². The minimum absolute atomic E-state index is 0.139. The lowest BCUT2D eigenvalue weighted by Crippen LogP contribution is -2.51. The first-order chi connectivity index (χ1) is 27.6. The number of rotatable bonds is 10. The standard InChI is InChI=1S/C41H45ClN10O5/c1-48-34-22-27(8-11-32(34)52(41(48)56)33-12-13-36(53)46-39(33)55)26-14-16-49(17-15-26)25-37(54)51-20-18-50(19-21-51)29-9-10-31(35(23-29)57-2)45-40-43-24-30(42)38(47-40)44-28-6-4-3-5-7-28/h3-11,22-24,26,33H,12-21,25H2,1-2H3,(H,46,53,55)(H2,43,44,45,47). The van der Waals surface area contributed by atoms with E-state index >= 15 is 0 Å².